The van der Waals surface area contributed by atoms with Crippen molar-refractivity contribution in [2.45, 2.75) is 304 Å². The molecule has 45 atom stereocenters. The maximum atomic E-state index is 13.1. The molecule has 9 fully saturated rings. The average molecular weight is 1580 g/mol. The molecule has 626 valence electrons. The van der Waals surface area contributed by atoms with Gasteiger partial charge >= 0.3 is 0 Å². The predicted molar refractivity (Wildman–Crippen MR) is 330 cm³/mol. The summed E-state index contributed by atoms with van der Waals surface area (Å²) >= 11 is 0. The highest BCUT2D eigenvalue weighted by atomic mass is 16.8. The van der Waals surface area contributed by atoms with Crippen LogP contribution in [0.2, 0.25) is 0 Å². The summed E-state index contributed by atoms with van der Waals surface area (Å²) in [6.07, 6.45) is -85.6. The number of ether oxygens (including phenoxy) is 17. The van der Waals surface area contributed by atoms with Gasteiger partial charge in [-0.1, -0.05) is 0 Å². The number of nitrogens with one attached hydrogen (secondary N) is 3. The molecule has 28 N–H and O–H groups in total. The Bertz CT molecular complexity index is 2820. The summed E-state index contributed by atoms with van der Waals surface area (Å²) in [6.45, 7) is -4.11. The molecule has 9 rings (SSSR count). The van der Waals surface area contributed by atoms with Crippen LogP contribution < -0.4 is 16.0 Å². The van der Waals surface area contributed by atoms with Gasteiger partial charge in [0, 0.05) is 20.8 Å². The van der Waals surface area contributed by atoms with E-state index in [0.29, 0.717) is 0 Å². The lowest BCUT2D eigenvalue weighted by molar-refractivity contribution is -0.396. The normalized spacial score (nSPS) is 50.4. The molecule has 0 aromatic heterocycles. The first kappa shape index (κ1) is 88.7. The van der Waals surface area contributed by atoms with Crippen LogP contribution in [0.5, 0.6) is 0 Å². The first-order valence-corrected chi connectivity index (χ1v) is 34.5. The molecule has 9 aliphatic heterocycles. The second-order valence-corrected chi connectivity index (χ2v) is 27.5. The lowest BCUT2D eigenvalue weighted by Gasteiger charge is -2.51. The molecule has 0 saturated carbocycles. The Labute approximate surface area is 611 Å². The highest BCUT2D eigenvalue weighted by Crippen LogP contribution is 2.39. The molecule has 0 aliphatic carbocycles. The van der Waals surface area contributed by atoms with Crippen LogP contribution in [-0.4, -0.2) is 474 Å². The quantitative estimate of drug-likeness (QED) is 0.0363. The van der Waals surface area contributed by atoms with Crippen molar-refractivity contribution in [1.82, 2.24) is 16.0 Å². The lowest BCUT2D eigenvalue weighted by atomic mass is 9.93. The summed E-state index contributed by atoms with van der Waals surface area (Å²) in [7, 11) is 0. The molecular weight excluding hydrogens is 1480 g/mol. The lowest BCUT2D eigenvalue weighted by Crippen LogP contribution is -2.71. The van der Waals surface area contributed by atoms with E-state index in [4.69, 9.17) is 80.5 Å². The van der Waals surface area contributed by atoms with E-state index >= 15 is 0 Å². The molecule has 48 heteroatoms. The maximum Gasteiger partial charge on any atom is 0.217 e. The molecule has 108 heavy (non-hydrogen) atoms. The van der Waals surface area contributed by atoms with Crippen molar-refractivity contribution in [3.63, 3.8) is 0 Å². The van der Waals surface area contributed by atoms with Gasteiger partial charge in [-0.3, -0.25) is 14.4 Å². The van der Waals surface area contributed by atoms with Crippen molar-refractivity contribution < 1.29 is 223 Å². The van der Waals surface area contributed by atoms with E-state index in [-0.39, 0.29) is 0 Å². The number of aliphatic hydroxyl groups excluding tert-OH is 25. The summed E-state index contributed by atoms with van der Waals surface area (Å²) in [6, 6.07) is -5.50. The van der Waals surface area contributed by atoms with Gasteiger partial charge < -0.3 is 224 Å². The summed E-state index contributed by atoms with van der Waals surface area (Å²) in [4.78, 5) is 38.0. The minimum Gasteiger partial charge on any atom is -0.394 e. The summed E-state index contributed by atoms with van der Waals surface area (Å²) in [5.41, 5.74) is 0. The fourth-order valence-corrected chi connectivity index (χ4v) is 13.8. The third kappa shape index (κ3) is 19.5. The summed E-state index contributed by atoms with van der Waals surface area (Å²) in [5.74, 6) is -2.66. The van der Waals surface area contributed by atoms with Gasteiger partial charge in [0.2, 0.25) is 17.7 Å². The zero-order chi connectivity index (χ0) is 79.5. The van der Waals surface area contributed by atoms with E-state index in [9.17, 15) is 142 Å². The summed E-state index contributed by atoms with van der Waals surface area (Å²) in [5, 5.41) is 283. The molecular formula is C60H101N3O45. The highest BCUT2D eigenvalue weighted by molar-refractivity contribution is 5.74. The van der Waals surface area contributed by atoms with Gasteiger partial charge in [0.05, 0.1) is 59.0 Å². The van der Waals surface area contributed by atoms with Crippen molar-refractivity contribution in [1.29, 1.82) is 0 Å². The fourth-order valence-electron chi connectivity index (χ4n) is 13.8. The molecule has 9 saturated heterocycles. The number of carbonyl (C=O) groups excluding carboxylic acids is 3. The Hall–Kier alpha value is -3.27. The minimum absolute atomic E-state index is 0.826. The van der Waals surface area contributed by atoms with E-state index in [1.54, 1.807) is 0 Å². The third-order valence-corrected chi connectivity index (χ3v) is 19.9. The number of aliphatic hydroxyl groups is 25. The standard InChI is InChI=1S/C60H101N3O45/c1-13-28(72)38(82)42(86)55(95-13)94-12-24-48(36(80)25(52(91)96-24)61-14(2)69)104-54-27(63-16(4)71)37(81)47(21(9-68)101-54)105-59-46(90)50(107-60-51(41(85)32(76)20(8-67)100-60)108-53-26(62-15(3)70)35(79)29(73)17(5-64)97-53)34(78)23(103-59)11-93-57-45(89)49(106-58-44(88)40(84)31(75)19(7-66)99-58)33(77)22(102-57)10-92-56-43(87)39(83)30(74)18(6-65)98-56/h13,17-60,64-68,72-91H,5-12H2,1-4H3,(H,61,69)(H,62,70)(H,63,71)/t13-,17+,18+,19+,20+,21+,22+,23+,24+,25+,26+,27+,28+,29+,30+,31+,32+,33+,34+,35+,36+,37+,38+,39-,40-,41-,42-,43-,44-,45-,46-,47+,48+,49-,50-,51-,52-,53-,54-,55+,56-,57-,58+,59-,60+/m0/s1. The van der Waals surface area contributed by atoms with E-state index in [0.717, 1.165) is 20.8 Å². The van der Waals surface area contributed by atoms with Crippen molar-refractivity contribution in [3.05, 3.63) is 0 Å². The summed E-state index contributed by atoms with van der Waals surface area (Å²) < 4.78 is 99.6. The molecule has 0 spiro atoms. The molecule has 0 aromatic rings. The van der Waals surface area contributed by atoms with Gasteiger partial charge in [0.25, 0.3) is 0 Å². The Kier molecular flexibility index (Phi) is 31.6. The Morgan fingerprint density at radius 2 is 0.565 bits per heavy atom. The predicted octanol–water partition coefficient (Wildman–Crippen LogP) is -19.2. The van der Waals surface area contributed by atoms with Gasteiger partial charge in [-0.15, -0.1) is 0 Å². The van der Waals surface area contributed by atoms with E-state index in [1.165, 1.54) is 6.92 Å². The first-order valence-electron chi connectivity index (χ1n) is 34.5. The van der Waals surface area contributed by atoms with E-state index in [2.05, 4.69) is 16.0 Å². The van der Waals surface area contributed by atoms with Crippen LogP contribution in [0.1, 0.15) is 27.7 Å². The van der Waals surface area contributed by atoms with Gasteiger partial charge in [-0.2, -0.15) is 0 Å². The van der Waals surface area contributed by atoms with Crippen LogP contribution in [0, 0.1) is 0 Å². The number of carbonyl (C=O) groups is 3. The van der Waals surface area contributed by atoms with Crippen LogP contribution in [0.25, 0.3) is 0 Å². The molecule has 0 bridgehead atoms. The molecule has 9 heterocycles. The third-order valence-electron chi connectivity index (χ3n) is 19.9. The first-order chi connectivity index (χ1) is 51.0. The molecule has 0 radical (unpaired) electrons. The monoisotopic (exact) mass is 1580 g/mol. The molecule has 9 aliphatic rings. The molecule has 0 aromatic carbocycles. The van der Waals surface area contributed by atoms with E-state index in [1.807, 2.05) is 0 Å². The number of hydrogen-bond acceptors (Lipinski definition) is 45. The van der Waals surface area contributed by atoms with Crippen molar-refractivity contribution in [2.24, 2.45) is 0 Å². The van der Waals surface area contributed by atoms with Gasteiger partial charge in [0.1, 0.15) is 213 Å². The molecule has 3 amide bonds. The van der Waals surface area contributed by atoms with Crippen LogP contribution in [-0.2, 0) is 94.9 Å². The highest BCUT2D eigenvalue weighted by Gasteiger charge is 2.60. The topological polar surface area (TPSA) is 750 Å². The maximum absolute atomic E-state index is 13.1. The van der Waals surface area contributed by atoms with Crippen LogP contribution in [0.4, 0.5) is 0 Å². The van der Waals surface area contributed by atoms with Crippen molar-refractivity contribution >= 4 is 17.7 Å². The smallest absolute Gasteiger partial charge is 0.217 e. The van der Waals surface area contributed by atoms with Gasteiger partial charge in [-0.05, 0) is 6.92 Å². The number of rotatable bonds is 27. The average Bonchev–Trinajstić information content (AvgIpc) is 0.770. The van der Waals surface area contributed by atoms with Crippen LogP contribution in [0.3, 0.4) is 0 Å². The number of amides is 3. The molecule has 48 nitrogen and oxygen atoms in total. The van der Waals surface area contributed by atoms with Gasteiger partial charge in [0.15, 0.2) is 56.6 Å². The van der Waals surface area contributed by atoms with Gasteiger partial charge in [-0.25, -0.2) is 0 Å². The number of hydrogen-bond donors (Lipinski definition) is 28. The Morgan fingerprint density at radius 3 is 1.06 bits per heavy atom. The van der Waals surface area contributed by atoms with Crippen LogP contribution >= 0.6 is 0 Å². The van der Waals surface area contributed by atoms with Crippen LogP contribution in [0.15, 0.2) is 0 Å². The largest absolute Gasteiger partial charge is 0.394 e. The Morgan fingerprint density at radius 1 is 0.259 bits per heavy atom. The fraction of sp³-hybridized carbons (Fsp3) is 0.950. The Balaban J connectivity index is 1.05. The minimum atomic E-state index is -2.55. The molecule has 0 unspecified atom stereocenters. The zero-order valence-corrected chi connectivity index (χ0v) is 58.0. The van der Waals surface area contributed by atoms with E-state index < -0.39 is 347 Å². The zero-order valence-electron chi connectivity index (χ0n) is 58.0. The second-order valence-electron chi connectivity index (χ2n) is 27.5. The second kappa shape index (κ2) is 38.5. The van der Waals surface area contributed by atoms with Crippen molar-refractivity contribution in [2.75, 3.05) is 52.9 Å². The SMILES string of the molecule is CC(=O)N[C@@H]1[C@@H](O)[C@H](O[C@@H]2O[C@H](CO)[C@@H](O[C@@H]3O[C@H](CO[C@H]4O[C@H](CO[C@H]5O[C@H](CO)[C@@H](O)[C@H](O)[C@@H]5O)[C@@H](O)[C@H](O[C@H]5O[C@H](CO)[C@@H](O)[C@H](O)[C@@H]5O)[C@@H]4O)[C@@H](O)[C@H](O[C@H]4O[C@H](CO)[C@@H](O)[C@H](O)[C@@H]4O[C@@H]4O[C@H](CO)[C@@H](O)[C@H](O)[C@H]4NC(C)=O)[C@@H]3O)[C@H](O)[C@H]2NC(C)=O)[C@@H](CO[C@@H]2O[C@@H](C)[C@@H](O)[C@@H](O)[C@@H]2O)O[C@@H]1O. The van der Waals surface area contributed by atoms with Crippen molar-refractivity contribution in [3.8, 4) is 0 Å².